The Balaban J connectivity index is 1.88. The van der Waals surface area contributed by atoms with Gasteiger partial charge in [-0.15, -0.1) is 0 Å². The van der Waals surface area contributed by atoms with E-state index in [0.29, 0.717) is 22.7 Å². The van der Waals surface area contributed by atoms with E-state index in [9.17, 15) is 9.59 Å². The van der Waals surface area contributed by atoms with E-state index in [1.165, 1.54) is 20.4 Å². The summed E-state index contributed by atoms with van der Waals surface area (Å²) in [5, 5.41) is 2.67. The maximum Gasteiger partial charge on any atom is 0.310 e. The zero-order valence-corrected chi connectivity index (χ0v) is 14.5. The number of ether oxygens (including phenoxy) is 3. The number of halogens is 1. The summed E-state index contributed by atoms with van der Waals surface area (Å²) < 4.78 is 15.3. The lowest BCUT2D eigenvalue weighted by Gasteiger charge is -2.10. The van der Waals surface area contributed by atoms with Gasteiger partial charge in [0, 0.05) is 17.8 Å². The molecule has 0 unspecified atom stereocenters. The van der Waals surface area contributed by atoms with Gasteiger partial charge in [-0.3, -0.25) is 9.59 Å². The summed E-state index contributed by atoms with van der Waals surface area (Å²) in [6.07, 6.45) is 1.47. The van der Waals surface area contributed by atoms with Crippen molar-refractivity contribution >= 4 is 29.2 Å². The number of nitrogens with one attached hydrogen (secondary N) is 1. The number of amides is 1. The van der Waals surface area contributed by atoms with Crippen molar-refractivity contribution in [2.45, 2.75) is 6.42 Å². The maximum absolute atomic E-state index is 11.9. The molecule has 1 amide bonds. The Labute approximate surface area is 149 Å². The van der Waals surface area contributed by atoms with Gasteiger partial charge in [0.05, 0.1) is 26.3 Å². The second-order valence-electron chi connectivity index (χ2n) is 4.91. The fraction of sp³-hybridized carbons (Fsp3) is 0.235. The van der Waals surface area contributed by atoms with Crippen LogP contribution >= 0.6 is 11.6 Å². The van der Waals surface area contributed by atoms with Crippen molar-refractivity contribution in [1.82, 2.24) is 4.98 Å². The number of aromatic nitrogens is 1. The van der Waals surface area contributed by atoms with E-state index in [4.69, 9.17) is 25.8 Å². The van der Waals surface area contributed by atoms with Gasteiger partial charge in [-0.05, 0) is 18.2 Å². The predicted molar refractivity (Wildman–Crippen MR) is 92.1 cm³/mol. The lowest BCUT2D eigenvalue weighted by atomic mass is 10.1. The van der Waals surface area contributed by atoms with E-state index in [2.05, 4.69) is 10.3 Å². The molecule has 132 valence electrons. The van der Waals surface area contributed by atoms with Crippen LogP contribution in [-0.4, -0.2) is 37.7 Å². The lowest BCUT2D eigenvalue weighted by Crippen LogP contribution is -2.22. The fourth-order valence-corrected chi connectivity index (χ4v) is 2.18. The number of nitrogens with zero attached hydrogens (tertiary/aromatic N) is 1. The number of esters is 1. The van der Waals surface area contributed by atoms with E-state index in [1.807, 2.05) is 0 Å². The molecule has 0 aliphatic rings. The Kier molecular flexibility index (Phi) is 6.59. The average molecular weight is 365 g/mol. The van der Waals surface area contributed by atoms with Crippen LogP contribution in [0.1, 0.15) is 5.56 Å². The van der Waals surface area contributed by atoms with Crippen LogP contribution in [0.15, 0.2) is 36.5 Å². The Hall–Kier alpha value is -2.80. The third-order valence-corrected chi connectivity index (χ3v) is 3.53. The predicted octanol–water partition coefficient (Wildman–Crippen LogP) is 2.48. The van der Waals surface area contributed by atoms with Crippen LogP contribution in [0.25, 0.3) is 0 Å². The van der Waals surface area contributed by atoms with Gasteiger partial charge in [0.15, 0.2) is 11.8 Å². The molecule has 0 spiro atoms. The first-order valence-corrected chi connectivity index (χ1v) is 7.68. The van der Waals surface area contributed by atoms with Crippen LogP contribution in [-0.2, 0) is 20.7 Å². The van der Waals surface area contributed by atoms with Gasteiger partial charge >= 0.3 is 5.97 Å². The van der Waals surface area contributed by atoms with Gasteiger partial charge in [0.2, 0.25) is 0 Å². The van der Waals surface area contributed by atoms with Crippen molar-refractivity contribution in [3.63, 3.8) is 0 Å². The van der Waals surface area contributed by atoms with E-state index < -0.39 is 18.5 Å². The molecule has 2 rings (SSSR count). The Morgan fingerprint density at radius 1 is 1.20 bits per heavy atom. The first-order chi connectivity index (χ1) is 12.0. The van der Waals surface area contributed by atoms with Gasteiger partial charge in [0.1, 0.15) is 11.5 Å². The molecule has 0 fully saturated rings. The largest absolute Gasteiger partial charge is 0.497 e. The molecule has 0 aliphatic heterocycles. The highest BCUT2D eigenvalue weighted by molar-refractivity contribution is 6.32. The van der Waals surface area contributed by atoms with Gasteiger partial charge in [-0.2, -0.15) is 0 Å². The summed E-state index contributed by atoms with van der Waals surface area (Å²) in [6.45, 7) is -0.428. The molecule has 1 aromatic heterocycles. The fourth-order valence-electron chi connectivity index (χ4n) is 2.02. The molecule has 0 saturated carbocycles. The first kappa shape index (κ1) is 18.5. The first-order valence-electron chi connectivity index (χ1n) is 7.30. The summed E-state index contributed by atoms with van der Waals surface area (Å²) in [6, 6.07) is 8.30. The number of rotatable bonds is 7. The van der Waals surface area contributed by atoms with Crippen molar-refractivity contribution in [3.05, 3.63) is 47.2 Å². The van der Waals surface area contributed by atoms with Gasteiger partial charge in [0.25, 0.3) is 5.91 Å². The number of benzene rings is 1. The molecule has 1 N–H and O–H groups in total. The minimum atomic E-state index is -0.559. The minimum absolute atomic E-state index is 0.0336. The van der Waals surface area contributed by atoms with E-state index in [1.54, 1.807) is 30.3 Å². The molecule has 1 aromatic carbocycles. The highest BCUT2D eigenvalue weighted by Crippen LogP contribution is 2.25. The normalized spacial score (nSPS) is 10.0. The number of carbonyl (C=O) groups excluding carboxylic acids is 2. The number of hydrogen-bond acceptors (Lipinski definition) is 6. The smallest absolute Gasteiger partial charge is 0.310 e. The van der Waals surface area contributed by atoms with Crippen molar-refractivity contribution in [1.29, 1.82) is 0 Å². The number of methoxy groups -OCH3 is 2. The average Bonchev–Trinajstić information content (AvgIpc) is 2.62. The Bertz CT molecular complexity index is 766. The molecular formula is C17H17ClN2O5. The van der Waals surface area contributed by atoms with Crippen molar-refractivity contribution in [2.24, 2.45) is 0 Å². The van der Waals surface area contributed by atoms with E-state index >= 15 is 0 Å². The van der Waals surface area contributed by atoms with Crippen LogP contribution in [0.3, 0.4) is 0 Å². The van der Waals surface area contributed by atoms with Crippen LogP contribution in [0, 0.1) is 0 Å². The standard InChI is InChI=1S/C17H17ClN2O5/c1-23-12-6-5-11(14(9-12)24-2)8-16(22)25-10-15(21)20-13-4-3-7-19-17(13)18/h3-7,9H,8,10H2,1-2H3,(H,20,21). The Morgan fingerprint density at radius 3 is 2.68 bits per heavy atom. The second-order valence-corrected chi connectivity index (χ2v) is 5.26. The van der Waals surface area contributed by atoms with Gasteiger partial charge < -0.3 is 19.5 Å². The van der Waals surface area contributed by atoms with Crippen LogP contribution in [0.5, 0.6) is 11.5 Å². The maximum atomic E-state index is 11.9. The molecule has 8 heteroatoms. The summed E-state index contributed by atoms with van der Waals surface area (Å²) in [5.41, 5.74) is 0.978. The van der Waals surface area contributed by atoms with Crippen molar-refractivity contribution < 1.29 is 23.8 Å². The molecule has 0 saturated heterocycles. The molecule has 0 aliphatic carbocycles. The van der Waals surface area contributed by atoms with E-state index in [-0.39, 0.29) is 11.6 Å². The molecule has 7 nitrogen and oxygen atoms in total. The topological polar surface area (TPSA) is 86.8 Å². The van der Waals surface area contributed by atoms with Crippen LogP contribution in [0.4, 0.5) is 5.69 Å². The summed E-state index contributed by atoms with van der Waals surface area (Å²) in [5.74, 6) is 0.0467. The lowest BCUT2D eigenvalue weighted by molar-refractivity contribution is -0.146. The Morgan fingerprint density at radius 2 is 2.00 bits per heavy atom. The highest BCUT2D eigenvalue weighted by atomic mass is 35.5. The number of carbonyl (C=O) groups is 2. The zero-order valence-electron chi connectivity index (χ0n) is 13.7. The quantitative estimate of drug-likeness (QED) is 0.600. The van der Waals surface area contributed by atoms with Crippen molar-refractivity contribution in [2.75, 3.05) is 26.1 Å². The van der Waals surface area contributed by atoms with Crippen LogP contribution in [0.2, 0.25) is 5.15 Å². The third kappa shape index (κ3) is 5.36. The number of pyridine rings is 1. The SMILES string of the molecule is COc1ccc(CC(=O)OCC(=O)Nc2cccnc2Cl)c(OC)c1. The molecule has 2 aromatic rings. The van der Waals surface area contributed by atoms with Crippen LogP contribution < -0.4 is 14.8 Å². The molecule has 25 heavy (non-hydrogen) atoms. The minimum Gasteiger partial charge on any atom is -0.497 e. The molecule has 0 atom stereocenters. The zero-order chi connectivity index (χ0) is 18.2. The summed E-state index contributed by atoms with van der Waals surface area (Å²) in [7, 11) is 3.03. The number of hydrogen-bond donors (Lipinski definition) is 1. The molecular weight excluding hydrogens is 348 g/mol. The monoisotopic (exact) mass is 364 g/mol. The number of anilines is 1. The highest BCUT2D eigenvalue weighted by Gasteiger charge is 2.13. The van der Waals surface area contributed by atoms with E-state index in [0.717, 1.165) is 0 Å². The summed E-state index contributed by atoms with van der Waals surface area (Å²) in [4.78, 5) is 27.6. The summed E-state index contributed by atoms with van der Waals surface area (Å²) >= 11 is 5.84. The van der Waals surface area contributed by atoms with Gasteiger partial charge in [-0.25, -0.2) is 4.98 Å². The molecule has 1 heterocycles. The van der Waals surface area contributed by atoms with Crippen molar-refractivity contribution in [3.8, 4) is 11.5 Å². The molecule has 0 radical (unpaired) electrons. The second kappa shape index (κ2) is 8.89. The molecule has 0 bridgehead atoms. The van der Waals surface area contributed by atoms with Gasteiger partial charge in [-0.1, -0.05) is 17.7 Å². The third-order valence-electron chi connectivity index (χ3n) is 3.23.